The molecule has 4 rings (SSSR count). The van der Waals surface area contributed by atoms with E-state index in [4.69, 9.17) is 13.3 Å². The van der Waals surface area contributed by atoms with E-state index in [1.54, 1.807) is 0 Å². The third kappa shape index (κ3) is 8.66. The van der Waals surface area contributed by atoms with Gasteiger partial charge < -0.3 is 13.3 Å². The number of halogens is 22. The molecule has 0 fully saturated rings. The first kappa shape index (κ1) is 48.2. The van der Waals surface area contributed by atoms with Gasteiger partial charge in [-0.2, -0.15) is 95.4 Å². The molecule has 0 aromatic heterocycles. The molecule has 0 amide bonds. The number of benzene rings is 4. The molecule has 0 heterocycles. The molecule has 0 atom stereocenters. The summed E-state index contributed by atoms with van der Waals surface area (Å²) < 4.78 is 339. The van der Waals surface area contributed by atoms with E-state index in [0.717, 1.165) is 0 Å². The molecule has 0 aliphatic rings. The van der Waals surface area contributed by atoms with E-state index in [-0.39, 0.29) is 0 Å². The molecule has 0 bridgehead atoms. The van der Waals surface area contributed by atoms with Gasteiger partial charge in [0.05, 0.1) is 38.6 Å². The predicted octanol–water partition coefficient (Wildman–Crippen LogP) is 8.82. The van der Waals surface area contributed by atoms with Crippen molar-refractivity contribution in [1.82, 2.24) is 0 Å². The van der Waals surface area contributed by atoms with Gasteiger partial charge in [0.2, 0.25) is 0 Å². The van der Waals surface area contributed by atoms with Crippen LogP contribution >= 0.6 is 0 Å². The van der Waals surface area contributed by atoms with Crippen LogP contribution in [0.25, 0.3) is 0 Å². The lowest BCUT2D eigenvalue weighted by Crippen LogP contribution is -2.77. The van der Waals surface area contributed by atoms with E-state index in [2.05, 4.69) is 0 Å². The van der Waals surface area contributed by atoms with Gasteiger partial charge >= 0.3 is 45.9 Å². The van der Waals surface area contributed by atoms with E-state index in [1.807, 2.05) is 0 Å². The van der Waals surface area contributed by atoms with Gasteiger partial charge in [-0.1, -0.05) is 36.4 Å². The summed E-state index contributed by atoms with van der Waals surface area (Å²) in [7, 11) is -3.84. The molecule has 330 valence electrons. The maximum Gasteiger partial charge on any atom is 0.542 e. The maximum absolute atomic E-state index is 17.0. The normalized spacial score (nSPS) is 13.9. The minimum Gasteiger partial charge on any atom is -0.373 e. The molecule has 0 saturated carbocycles. The maximum atomic E-state index is 17.0. The van der Waals surface area contributed by atoms with Crippen LogP contribution in [0.4, 0.5) is 96.6 Å². The fourth-order valence-corrected chi connectivity index (χ4v) is 8.49. The van der Waals surface area contributed by atoms with Crippen molar-refractivity contribution >= 4 is 42.0 Å². The quantitative estimate of drug-likeness (QED) is 0.101. The Kier molecular flexibility index (Phi) is 12.4. The summed E-state index contributed by atoms with van der Waals surface area (Å²) in [6.07, 6.45) is -43.0. The summed E-state index contributed by atoms with van der Waals surface area (Å²) in [5.74, 6) is -12.3. The molecule has 0 N–H and O–H groups in total. The van der Waals surface area contributed by atoms with Crippen LogP contribution in [0.15, 0.2) is 54.6 Å². The van der Waals surface area contributed by atoms with E-state index in [1.165, 1.54) is 0 Å². The molecular formula is C33H18BF22O3Si-. The van der Waals surface area contributed by atoms with E-state index < -0.39 is 190 Å². The third-order valence-electron chi connectivity index (χ3n) is 9.17. The molecule has 0 saturated heterocycles. The highest BCUT2D eigenvalue weighted by molar-refractivity contribution is 7.20. The summed E-state index contributed by atoms with van der Waals surface area (Å²) in [5.41, 5.74) is -26.1. The monoisotopic (exact) mass is 919 g/mol. The smallest absolute Gasteiger partial charge is 0.373 e. The molecule has 0 aliphatic carbocycles. The van der Waals surface area contributed by atoms with Crippen molar-refractivity contribution in [2.45, 2.75) is 37.1 Å². The fraction of sp³-hybridized carbons (Fsp3) is 0.273. The number of hydrogen-bond acceptors (Lipinski definition) is 3. The average molecular weight is 919 g/mol. The van der Waals surface area contributed by atoms with Crippen LogP contribution in [0.5, 0.6) is 0 Å². The minimum atomic E-state index is -6.15. The molecule has 0 unspecified atom stereocenters. The Morgan fingerprint density at radius 3 is 0.717 bits per heavy atom. The average Bonchev–Trinajstić information content (AvgIpc) is 3.11. The molecule has 27 heteroatoms. The van der Waals surface area contributed by atoms with Crippen LogP contribution < -0.4 is 27.0 Å². The van der Waals surface area contributed by atoms with Gasteiger partial charge in [-0.05, 0) is 18.2 Å². The van der Waals surface area contributed by atoms with Crippen LogP contribution in [0.1, 0.15) is 33.4 Å². The van der Waals surface area contributed by atoms with E-state index in [9.17, 15) is 79.0 Å². The lowest BCUT2D eigenvalue weighted by Gasteiger charge is -2.46. The molecule has 4 aromatic carbocycles. The standard InChI is InChI=1S/C33H18BF22O3Si/c1-57-60(58-2,59-3)27-25(37)23(35)22(24(36)26(27)38)34(19-7-13(28(39,40)41)4-14(8-19)29(42,43)44,20-9-15(30(45,46)47)5-16(10-20)31(48,49)50)21-11-17(32(51,52)53)6-18(12-21)33(54,55)56/h4-12H,1-3H3/q-1. The second-order valence-corrected chi connectivity index (χ2v) is 15.4. The Labute approximate surface area is 321 Å². The van der Waals surface area contributed by atoms with Crippen molar-refractivity contribution in [2.24, 2.45) is 0 Å². The van der Waals surface area contributed by atoms with Gasteiger partial charge in [-0.25, -0.2) is 17.6 Å². The molecular weight excluding hydrogens is 901 g/mol. The number of hydrogen-bond donors (Lipinski definition) is 0. The molecule has 0 aliphatic heterocycles. The summed E-state index contributed by atoms with van der Waals surface area (Å²) in [5, 5.41) is -2.10. The second-order valence-electron chi connectivity index (χ2n) is 12.6. The zero-order chi connectivity index (χ0) is 46.1. The van der Waals surface area contributed by atoms with Crippen molar-refractivity contribution in [3.63, 3.8) is 0 Å². The van der Waals surface area contributed by atoms with Crippen molar-refractivity contribution in [1.29, 1.82) is 0 Å². The second kappa shape index (κ2) is 15.4. The SMILES string of the molecule is CO[Si](OC)(OC)c1c(F)c(F)c([B-](c2cc(C(F)(F)F)cc(C(F)(F)F)c2)(c2cc(C(F)(F)F)cc(C(F)(F)F)c2)c2cc(C(F)(F)F)cc(C(F)(F)F)c2)c(F)c1F. The van der Waals surface area contributed by atoms with E-state index >= 15 is 17.6 Å². The molecule has 0 spiro atoms. The highest BCUT2D eigenvalue weighted by atomic mass is 28.4. The van der Waals surface area contributed by atoms with Gasteiger partial charge in [-0.15, -0.1) is 5.46 Å². The number of rotatable bonds is 8. The Balaban J connectivity index is 2.66. The Hall–Kier alpha value is -4.50. The van der Waals surface area contributed by atoms with Crippen molar-refractivity contribution in [3.8, 4) is 0 Å². The first-order valence-corrected chi connectivity index (χ1v) is 17.3. The first-order chi connectivity index (χ1) is 27.0. The van der Waals surface area contributed by atoms with Crippen LogP contribution in [0, 0.1) is 23.3 Å². The van der Waals surface area contributed by atoms with E-state index in [0.29, 0.717) is 21.3 Å². The summed E-state index contributed by atoms with van der Waals surface area (Å²) >= 11 is 0. The minimum absolute atomic E-state index is 0.514. The number of alkyl halides is 18. The highest BCUT2D eigenvalue weighted by Crippen LogP contribution is 2.40. The fourth-order valence-electron chi connectivity index (χ4n) is 6.62. The lowest BCUT2D eigenvalue weighted by molar-refractivity contribution is -0.144. The highest BCUT2D eigenvalue weighted by Gasteiger charge is 2.52. The summed E-state index contributed by atoms with van der Waals surface area (Å²) in [6, 6.07) is -6.90. The van der Waals surface area contributed by atoms with Gasteiger partial charge in [0, 0.05) is 21.3 Å². The zero-order valence-corrected chi connectivity index (χ0v) is 30.3. The van der Waals surface area contributed by atoms with Crippen molar-refractivity contribution < 1.29 is 110 Å². The van der Waals surface area contributed by atoms with Gasteiger partial charge in [0.25, 0.3) is 0 Å². The Bertz CT molecular complexity index is 1950. The lowest BCUT2D eigenvalue weighted by atomic mass is 9.12. The van der Waals surface area contributed by atoms with Crippen LogP contribution in [-0.2, 0) is 50.3 Å². The molecule has 0 radical (unpaired) electrons. The zero-order valence-electron chi connectivity index (χ0n) is 29.3. The van der Waals surface area contributed by atoms with Gasteiger partial charge in [0.15, 0.2) is 11.6 Å². The molecule has 4 aromatic rings. The molecule has 3 nitrogen and oxygen atoms in total. The first-order valence-electron chi connectivity index (χ1n) is 15.6. The topological polar surface area (TPSA) is 27.7 Å². The predicted molar refractivity (Wildman–Crippen MR) is 166 cm³/mol. The van der Waals surface area contributed by atoms with Gasteiger partial charge in [0.1, 0.15) is 17.8 Å². The van der Waals surface area contributed by atoms with Crippen molar-refractivity contribution in [2.75, 3.05) is 21.3 Å². The Morgan fingerprint density at radius 1 is 0.350 bits per heavy atom. The summed E-state index contributed by atoms with van der Waals surface area (Å²) in [6.45, 7) is 0. The van der Waals surface area contributed by atoms with Crippen LogP contribution in [0.3, 0.4) is 0 Å². The van der Waals surface area contributed by atoms with Crippen LogP contribution in [0.2, 0.25) is 0 Å². The Morgan fingerprint density at radius 2 is 0.550 bits per heavy atom. The van der Waals surface area contributed by atoms with Crippen LogP contribution in [-0.4, -0.2) is 36.3 Å². The summed E-state index contributed by atoms with van der Waals surface area (Å²) in [4.78, 5) is 0. The molecule has 60 heavy (non-hydrogen) atoms. The third-order valence-corrected chi connectivity index (χ3v) is 11.8. The largest absolute Gasteiger partial charge is 0.542 e. The van der Waals surface area contributed by atoms with Gasteiger partial charge in [-0.3, -0.25) is 0 Å². The van der Waals surface area contributed by atoms with Crippen molar-refractivity contribution in [3.05, 3.63) is 111 Å².